The molecule has 2 heteroatoms. The van der Waals surface area contributed by atoms with Gasteiger partial charge in [0, 0.05) is 23.5 Å². The van der Waals surface area contributed by atoms with Crippen molar-refractivity contribution in [3.63, 3.8) is 0 Å². The molecule has 1 heterocycles. The van der Waals surface area contributed by atoms with Gasteiger partial charge in [0.15, 0.2) is 0 Å². The zero-order valence-corrected chi connectivity index (χ0v) is 11.1. The van der Waals surface area contributed by atoms with Crippen molar-refractivity contribution in [3.8, 4) is 0 Å². The Bertz CT molecular complexity index is 415. The van der Waals surface area contributed by atoms with Crippen LogP contribution in [0.4, 0.5) is 0 Å². The highest BCUT2D eigenvalue weighted by molar-refractivity contribution is 5.33. The third kappa shape index (κ3) is 2.03. The van der Waals surface area contributed by atoms with Gasteiger partial charge in [0.2, 0.25) is 0 Å². The van der Waals surface area contributed by atoms with Gasteiger partial charge in [0.05, 0.1) is 0 Å². The molecule has 0 aliphatic heterocycles. The van der Waals surface area contributed by atoms with E-state index in [-0.39, 0.29) is 6.04 Å². The van der Waals surface area contributed by atoms with Gasteiger partial charge in [-0.2, -0.15) is 0 Å². The standard InChI is InChI=1S/C15H24N2/c1-10(8-12-6-7-12)17-11(2)9-13-14(16)4-3-5-15(13)17/h9-10,12,14H,3-8,16H2,1-2H3. The Balaban J connectivity index is 1.92. The van der Waals surface area contributed by atoms with Crippen molar-refractivity contribution in [2.75, 3.05) is 0 Å². The number of nitrogens with two attached hydrogens (primary N) is 1. The van der Waals surface area contributed by atoms with Gasteiger partial charge in [-0.15, -0.1) is 0 Å². The lowest BCUT2D eigenvalue weighted by atomic mass is 9.93. The van der Waals surface area contributed by atoms with Crippen LogP contribution in [0.1, 0.15) is 68.1 Å². The zero-order valence-electron chi connectivity index (χ0n) is 11.1. The molecular formula is C15H24N2. The molecule has 0 spiro atoms. The van der Waals surface area contributed by atoms with E-state index in [0.717, 1.165) is 12.3 Å². The second-order valence-corrected chi connectivity index (χ2v) is 6.08. The summed E-state index contributed by atoms with van der Waals surface area (Å²) < 4.78 is 2.58. The lowest BCUT2D eigenvalue weighted by molar-refractivity contribution is 0.442. The quantitative estimate of drug-likeness (QED) is 0.849. The first-order chi connectivity index (χ1) is 8.16. The van der Waals surface area contributed by atoms with Crippen LogP contribution >= 0.6 is 0 Å². The molecule has 0 amide bonds. The summed E-state index contributed by atoms with van der Waals surface area (Å²) in [6, 6.07) is 3.28. The molecule has 0 aromatic carbocycles. The fraction of sp³-hybridized carbons (Fsp3) is 0.733. The van der Waals surface area contributed by atoms with Gasteiger partial charge in [-0.25, -0.2) is 0 Å². The normalized spacial score (nSPS) is 25.7. The van der Waals surface area contributed by atoms with Crippen LogP contribution in [0, 0.1) is 12.8 Å². The van der Waals surface area contributed by atoms with E-state index in [2.05, 4.69) is 24.5 Å². The zero-order chi connectivity index (χ0) is 12.0. The highest BCUT2D eigenvalue weighted by Crippen LogP contribution is 2.39. The Morgan fingerprint density at radius 2 is 2.18 bits per heavy atom. The third-order valence-corrected chi connectivity index (χ3v) is 4.51. The van der Waals surface area contributed by atoms with E-state index in [1.807, 2.05) is 0 Å². The van der Waals surface area contributed by atoms with E-state index in [9.17, 15) is 0 Å². The van der Waals surface area contributed by atoms with Gasteiger partial charge >= 0.3 is 0 Å². The van der Waals surface area contributed by atoms with Crippen LogP contribution in [0.5, 0.6) is 0 Å². The molecule has 2 aliphatic carbocycles. The number of aryl methyl sites for hydroxylation is 1. The smallest absolute Gasteiger partial charge is 0.0313 e. The number of rotatable bonds is 3. The molecule has 1 fully saturated rings. The first kappa shape index (κ1) is 11.3. The highest BCUT2D eigenvalue weighted by atomic mass is 15.0. The molecule has 17 heavy (non-hydrogen) atoms. The summed E-state index contributed by atoms with van der Waals surface area (Å²) >= 11 is 0. The topological polar surface area (TPSA) is 30.9 Å². The summed E-state index contributed by atoms with van der Waals surface area (Å²) in [4.78, 5) is 0. The lowest BCUT2D eigenvalue weighted by Gasteiger charge is -2.24. The molecule has 2 atom stereocenters. The van der Waals surface area contributed by atoms with Crippen molar-refractivity contribution < 1.29 is 0 Å². The molecule has 1 aromatic heterocycles. The molecule has 2 N–H and O–H groups in total. The summed E-state index contributed by atoms with van der Waals surface area (Å²) in [6.45, 7) is 4.63. The number of hydrogen-bond donors (Lipinski definition) is 1. The van der Waals surface area contributed by atoms with Crippen LogP contribution in [-0.2, 0) is 6.42 Å². The van der Waals surface area contributed by atoms with E-state index in [0.29, 0.717) is 6.04 Å². The van der Waals surface area contributed by atoms with Crippen molar-refractivity contribution in [2.45, 2.75) is 64.5 Å². The molecule has 2 nitrogen and oxygen atoms in total. The Morgan fingerprint density at radius 1 is 1.41 bits per heavy atom. The minimum atomic E-state index is 0.284. The average Bonchev–Trinajstić information content (AvgIpc) is 3.00. The Kier molecular flexibility index (Phi) is 2.78. The van der Waals surface area contributed by atoms with Crippen LogP contribution in [0.15, 0.2) is 6.07 Å². The van der Waals surface area contributed by atoms with Crippen LogP contribution < -0.4 is 5.73 Å². The second kappa shape index (κ2) is 4.16. The molecule has 2 unspecified atom stereocenters. The molecular weight excluding hydrogens is 208 g/mol. The van der Waals surface area contributed by atoms with Gasteiger partial charge in [-0.05, 0) is 57.1 Å². The monoisotopic (exact) mass is 232 g/mol. The third-order valence-electron chi connectivity index (χ3n) is 4.51. The van der Waals surface area contributed by atoms with Crippen molar-refractivity contribution in [1.29, 1.82) is 0 Å². The van der Waals surface area contributed by atoms with E-state index in [1.54, 1.807) is 0 Å². The summed E-state index contributed by atoms with van der Waals surface area (Å²) in [5.41, 5.74) is 10.6. The van der Waals surface area contributed by atoms with Gasteiger partial charge in [-0.3, -0.25) is 0 Å². The predicted molar refractivity (Wildman–Crippen MR) is 71.1 cm³/mol. The molecule has 0 saturated heterocycles. The second-order valence-electron chi connectivity index (χ2n) is 6.08. The first-order valence-corrected chi connectivity index (χ1v) is 7.13. The average molecular weight is 232 g/mol. The van der Waals surface area contributed by atoms with E-state index in [4.69, 9.17) is 5.73 Å². The van der Waals surface area contributed by atoms with Crippen LogP contribution in [0.2, 0.25) is 0 Å². The Hall–Kier alpha value is -0.760. The van der Waals surface area contributed by atoms with E-state index < -0.39 is 0 Å². The van der Waals surface area contributed by atoms with Crippen LogP contribution in [0.25, 0.3) is 0 Å². The molecule has 3 rings (SSSR count). The van der Waals surface area contributed by atoms with Gasteiger partial charge in [0.25, 0.3) is 0 Å². The number of aromatic nitrogens is 1. The molecule has 2 aliphatic rings. The molecule has 1 saturated carbocycles. The van der Waals surface area contributed by atoms with Crippen molar-refractivity contribution in [2.24, 2.45) is 11.7 Å². The maximum atomic E-state index is 6.23. The predicted octanol–water partition coefficient (Wildman–Crippen LogP) is 3.49. The van der Waals surface area contributed by atoms with Crippen molar-refractivity contribution >= 4 is 0 Å². The van der Waals surface area contributed by atoms with Gasteiger partial charge in [0.1, 0.15) is 0 Å². The fourth-order valence-electron chi connectivity index (χ4n) is 3.52. The maximum absolute atomic E-state index is 6.23. The summed E-state index contributed by atoms with van der Waals surface area (Å²) in [5, 5.41) is 0. The van der Waals surface area contributed by atoms with Crippen LogP contribution in [-0.4, -0.2) is 4.57 Å². The highest BCUT2D eigenvalue weighted by Gasteiger charge is 2.28. The molecule has 0 bridgehead atoms. The van der Waals surface area contributed by atoms with E-state index >= 15 is 0 Å². The van der Waals surface area contributed by atoms with Gasteiger partial charge < -0.3 is 10.3 Å². The Labute approximate surface area is 104 Å². The summed E-state index contributed by atoms with van der Waals surface area (Å²) in [7, 11) is 0. The van der Waals surface area contributed by atoms with Gasteiger partial charge in [-0.1, -0.05) is 12.8 Å². The largest absolute Gasteiger partial charge is 0.346 e. The Morgan fingerprint density at radius 3 is 2.88 bits per heavy atom. The maximum Gasteiger partial charge on any atom is 0.0313 e. The summed E-state index contributed by atoms with van der Waals surface area (Å²) in [5.74, 6) is 1.000. The van der Waals surface area contributed by atoms with E-state index in [1.165, 1.54) is 49.1 Å². The number of hydrogen-bond acceptors (Lipinski definition) is 1. The van der Waals surface area contributed by atoms with Crippen molar-refractivity contribution in [1.82, 2.24) is 4.57 Å². The SMILES string of the molecule is Cc1cc2c(n1C(C)CC1CC1)CCCC2N. The molecule has 0 radical (unpaired) electrons. The molecule has 1 aromatic rings. The summed E-state index contributed by atoms with van der Waals surface area (Å²) in [6.07, 6.45) is 7.91. The number of fused-ring (bicyclic) bond motifs is 1. The molecule has 94 valence electrons. The fourth-order valence-corrected chi connectivity index (χ4v) is 3.52. The number of nitrogens with zero attached hydrogens (tertiary/aromatic N) is 1. The van der Waals surface area contributed by atoms with Crippen LogP contribution in [0.3, 0.4) is 0 Å². The van der Waals surface area contributed by atoms with Crippen molar-refractivity contribution in [3.05, 3.63) is 23.0 Å². The lowest BCUT2D eigenvalue weighted by Crippen LogP contribution is -2.19. The first-order valence-electron chi connectivity index (χ1n) is 7.13. The minimum Gasteiger partial charge on any atom is -0.346 e. The minimum absolute atomic E-state index is 0.284.